The van der Waals surface area contributed by atoms with E-state index in [4.69, 9.17) is 9.84 Å². The molecule has 0 spiro atoms. The van der Waals surface area contributed by atoms with Crippen molar-refractivity contribution in [2.24, 2.45) is 0 Å². The van der Waals surface area contributed by atoms with Gasteiger partial charge in [0, 0.05) is 6.54 Å². The van der Waals surface area contributed by atoms with Crippen LogP contribution in [0.2, 0.25) is 0 Å². The highest BCUT2D eigenvalue weighted by atomic mass is 16.5. The third-order valence-electron chi connectivity index (χ3n) is 2.23. The van der Waals surface area contributed by atoms with Gasteiger partial charge in [0.15, 0.2) is 0 Å². The van der Waals surface area contributed by atoms with Gasteiger partial charge in [0.25, 0.3) is 0 Å². The van der Waals surface area contributed by atoms with E-state index in [2.05, 4.69) is 5.32 Å². The second kappa shape index (κ2) is 6.43. The molecule has 0 aliphatic heterocycles. The van der Waals surface area contributed by atoms with E-state index in [1.54, 1.807) is 14.0 Å². The summed E-state index contributed by atoms with van der Waals surface area (Å²) in [4.78, 5) is 0. The zero-order valence-corrected chi connectivity index (χ0v) is 9.36. The lowest BCUT2D eigenvalue weighted by molar-refractivity contribution is 0.183. The van der Waals surface area contributed by atoms with Gasteiger partial charge >= 0.3 is 0 Å². The quantitative estimate of drug-likeness (QED) is 0.699. The minimum Gasteiger partial charge on any atom is -0.497 e. The third-order valence-corrected chi connectivity index (χ3v) is 2.23. The fourth-order valence-corrected chi connectivity index (χ4v) is 1.29. The van der Waals surface area contributed by atoms with Crippen molar-refractivity contribution in [1.29, 1.82) is 0 Å². The standard InChI is InChI=1S/C12H19NO2/c1-10(14)7-8-13-9-11-3-5-12(15-2)6-4-11/h3-6,10,13-14H,7-9H2,1-2H3/t10-/m1/s1. The summed E-state index contributed by atoms with van der Waals surface area (Å²) in [5, 5.41) is 12.3. The Morgan fingerprint density at radius 2 is 2.00 bits per heavy atom. The molecule has 1 aromatic carbocycles. The molecule has 3 heteroatoms. The van der Waals surface area contributed by atoms with Crippen LogP contribution in [0.15, 0.2) is 24.3 Å². The Morgan fingerprint density at radius 1 is 1.33 bits per heavy atom. The number of hydrogen-bond acceptors (Lipinski definition) is 3. The average Bonchev–Trinajstić information content (AvgIpc) is 2.25. The number of rotatable bonds is 6. The molecule has 1 aromatic rings. The zero-order chi connectivity index (χ0) is 11.1. The molecule has 0 saturated heterocycles. The van der Waals surface area contributed by atoms with E-state index in [1.165, 1.54) is 5.56 Å². The molecule has 15 heavy (non-hydrogen) atoms. The number of hydrogen-bond donors (Lipinski definition) is 2. The number of benzene rings is 1. The SMILES string of the molecule is COc1ccc(CNCC[C@@H](C)O)cc1. The summed E-state index contributed by atoms with van der Waals surface area (Å²) in [7, 11) is 1.66. The molecule has 0 bridgehead atoms. The van der Waals surface area contributed by atoms with Crippen molar-refractivity contribution in [1.82, 2.24) is 5.32 Å². The van der Waals surface area contributed by atoms with Crippen molar-refractivity contribution in [3.8, 4) is 5.75 Å². The predicted octanol–water partition coefficient (Wildman–Crippen LogP) is 1.56. The molecule has 3 nitrogen and oxygen atoms in total. The summed E-state index contributed by atoms with van der Waals surface area (Å²) >= 11 is 0. The van der Waals surface area contributed by atoms with Crippen LogP contribution < -0.4 is 10.1 Å². The van der Waals surface area contributed by atoms with E-state index >= 15 is 0 Å². The Kier molecular flexibility index (Phi) is 5.15. The number of methoxy groups -OCH3 is 1. The molecule has 0 aromatic heterocycles. The van der Waals surface area contributed by atoms with Gasteiger partial charge in [0.2, 0.25) is 0 Å². The van der Waals surface area contributed by atoms with Gasteiger partial charge in [0.1, 0.15) is 5.75 Å². The Bertz CT molecular complexity index is 269. The lowest BCUT2D eigenvalue weighted by atomic mass is 10.2. The molecule has 2 N–H and O–H groups in total. The minimum atomic E-state index is -0.228. The summed E-state index contributed by atoms with van der Waals surface area (Å²) < 4.78 is 5.07. The first-order chi connectivity index (χ1) is 7.22. The van der Waals surface area contributed by atoms with Gasteiger partial charge in [-0.05, 0) is 37.6 Å². The van der Waals surface area contributed by atoms with E-state index in [9.17, 15) is 0 Å². The molecule has 0 amide bonds. The van der Waals surface area contributed by atoms with E-state index < -0.39 is 0 Å². The maximum atomic E-state index is 9.06. The van der Waals surface area contributed by atoms with Crippen molar-refractivity contribution < 1.29 is 9.84 Å². The van der Waals surface area contributed by atoms with Crippen LogP contribution >= 0.6 is 0 Å². The average molecular weight is 209 g/mol. The van der Waals surface area contributed by atoms with Crippen molar-refractivity contribution in [2.75, 3.05) is 13.7 Å². The zero-order valence-electron chi connectivity index (χ0n) is 9.36. The molecule has 0 fully saturated rings. The molecule has 0 heterocycles. The normalized spacial score (nSPS) is 12.5. The summed E-state index contributed by atoms with van der Waals surface area (Å²) in [5.41, 5.74) is 1.22. The van der Waals surface area contributed by atoms with Crippen LogP contribution in [-0.2, 0) is 6.54 Å². The van der Waals surface area contributed by atoms with Crippen LogP contribution in [0.4, 0.5) is 0 Å². The van der Waals surface area contributed by atoms with Crippen LogP contribution in [0.1, 0.15) is 18.9 Å². The fraction of sp³-hybridized carbons (Fsp3) is 0.500. The Labute approximate surface area is 91.1 Å². The topological polar surface area (TPSA) is 41.5 Å². The van der Waals surface area contributed by atoms with E-state index in [1.807, 2.05) is 24.3 Å². The molecule has 0 aliphatic carbocycles. The van der Waals surface area contributed by atoms with Crippen molar-refractivity contribution in [3.63, 3.8) is 0 Å². The van der Waals surface area contributed by atoms with Gasteiger partial charge < -0.3 is 15.2 Å². The fourth-order valence-electron chi connectivity index (χ4n) is 1.29. The van der Waals surface area contributed by atoms with Crippen LogP contribution in [0.25, 0.3) is 0 Å². The summed E-state index contributed by atoms with van der Waals surface area (Å²) in [6.45, 7) is 3.47. The highest BCUT2D eigenvalue weighted by Crippen LogP contribution is 2.10. The van der Waals surface area contributed by atoms with Gasteiger partial charge in [-0.25, -0.2) is 0 Å². The van der Waals surface area contributed by atoms with E-state index in [-0.39, 0.29) is 6.10 Å². The van der Waals surface area contributed by atoms with Crippen LogP contribution in [0.3, 0.4) is 0 Å². The van der Waals surface area contributed by atoms with Crippen molar-refractivity contribution in [3.05, 3.63) is 29.8 Å². The molecule has 0 aliphatic rings. The number of nitrogens with one attached hydrogen (secondary N) is 1. The highest BCUT2D eigenvalue weighted by molar-refractivity contribution is 5.26. The maximum Gasteiger partial charge on any atom is 0.118 e. The molecule has 84 valence electrons. The molecule has 1 atom stereocenters. The van der Waals surface area contributed by atoms with E-state index in [0.717, 1.165) is 25.3 Å². The van der Waals surface area contributed by atoms with Crippen molar-refractivity contribution in [2.45, 2.75) is 26.0 Å². The largest absolute Gasteiger partial charge is 0.497 e. The van der Waals surface area contributed by atoms with Gasteiger partial charge in [-0.3, -0.25) is 0 Å². The third kappa shape index (κ3) is 4.81. The van der Waals surface area contributed by atoms with Crippen LogP contribution in [0, 0.1) is 0 Å². The van der Waals surface area contributed by atoms with Gasteiger partial charge in [-0.15, -0.1) is 0 Å². The Balaban J connectivity index is 2.25. The molecule has 0 unspecified atom stereocenters. The monoisotopic (exact) mass is 209 g/mol. The summed E-state index contributed by atoms with van der Waals surface area (Å²) in [6.07, 6.45) is 0.559. The maximum absolute atomic E-state index is 9.06. The number of aliphatic hydroxyl groups is 1. The molecule has 0 radical (unpaired) electrons. The lowest BCUT2D eigenvalue weighted by Gasteiger charge is -2.07. The second-order valence-electron chi connectivity index (χ2n) is 3.66. The van der Waals surface area contributed by atoms with Crippen LogP contribution in [0.5, 0.6) is 5.75 Å². The molecular formula is C12H19NO2. The minimum absolute atomic E-state index is 0.228. The summed E-state index contributed by atoms with van der Waals surface area (Å²) in [5.74, 6) is 0.878. The lowest BCUT2D eigenvalue weighted by Crippen LogP contribution is -2.18. The predicted molar refractivity (Wildman–Crippen MR) is 61.0 cm³/mol. The molecule has 1 rings (SSSR count). The van der Waals surface area contributed by atoms with E-state index in [0.29, 0.717) is 0 Å². The second-order valence-corrected chi connectivity index (χ2v) is 3.66. The van der Waals surface area contributed by atoms with Crippen molar-refractivity contribution >= 4 is 0 Å². The highest BCUT2D eigenvalue weighted by Gasteiger charge is 1.96. The first-order valence-corrected chi connectivity index (χ1v) is 5.24. The smallest absolute Gasteiger partial charge is 0.118 e. The van der Waals surface area contributed by atoms with Gasteiger partial charge in [-0.1, -0.05) is 12.1 Å². The number of aliphatic hydroxyl groups excluding tert-OH is 1. The van der Waals surface area contributed by atoms with Gasteiger partial charge in [-0.2, -0.15) is 0 Å². The summed E-state index contributed by atoms with van der Waals surface area (Å²) in [6, 6.07) is 7.97. The Morgan fingerprint density at radius 3 is 2.53 bits per heavy atom. The Hall–Kier alpha value is -1.06. The molecule has 0 saturated carbocycles. The first-order valence-electron chi connectivity index (χ1n) is 5.24. The van der Waals surface area contributed by atoms with Gasteiger partial charge in [0.05, 0.1) is 13.2 Å². The van der Waals surface area contributed by atoms with Crippen LogP contribution in [-0.4, -0.2) is 24.9 Å². The first kappa shape index (κ1) is 12.0. The number of ether oxygens (including phenoxy) is 1. The molecular weight excluding hydrogens is 190 g/mol.